The quantitative estimate of drug-likeness (QED) is 0.770. The number of ether oxygens (including phenoxy) is 1. The van der Waals surface area contributed by atoms with Gasteiger partial charge in [-0.1, -0.05) is 24.4 Å². The first-order valence-corrected chi connectivity index (χ1v) is 10.4. The fraction of sp³-hybridized carbons (Fsp3) is 0.619. The van der Waals surface area contributed by atoms with Gasteiger partial charge in [0.25, 0.3) is 0 Å². The zero-order valence-corrected chi connectivity index (χ0v) is 16.6. The van der Waals surface area contributed by atoms with E-state index in [0.717, 1.165) is 45.1 Å². The number of hydrogen-bond acceptors (Lipinski definition) is 6. The standard InChI is InChI=1S/C21H28N4O3/c1-14(2)27-19-16(10-6-12-22-19)18-23-20(28-24-18)17-11-7-13-25(17)21(26)15-8-4-3-5-9-15/h6,10,12,14-15,17H,3-5,7-9,11,13H2,1-2H3. The zero-order chi connectivity index (χ0) is 19.5. The van der Waals surface area contributed by atoms with E-state index in [1.54, 1.807) is 6.20 Å². The van der Waals surface area contributed by atoms with Crippen molar-refractivity contribution < 1.29 is 14.1 Å². The fourth-order valence-corrected chi connectivity index (χ4v) is 4.23. The summed E-state index contributed by atoms with van der Waals surface area (Å²) in [7, 11) is 0. The monoisotopic (exact) mass is 384 g/mol. The molecular formula is C21H28N4O3. The van der Waals surface area contributed by atoms with Crippen molar-refractivity contribution in [2.24, 2.45) is 5.92 Å². The second-order valence-corrected chi connectivity index (χ2v) is 8.00. The molecule has 1 amide bonds. The summed E-state index contributed by atoms with van der Waals surface area (Å²) >= 11 is 0. The fourth-order valence-electron chi connectivity index (χ4n) is 4.23. The van der Waals surface area contributed by atoms with E-state index in [4.69, 9.17) is 9.26 Å². The highest BCUT2D eigenvalue weighted by Gasteiger charge is 2.37. The van der Waals surface area contributed by atoms with E-state index in [2.05, 4.69) is 15.1 Å². The molecule has 0 radical (unpaired) electrons. The van der Waals surface area contributed by atoms with E-state index in [0.29, 0.717) is 23.2 Å². The van der Waals surface area contributed by atoms with Gasteiger partial charge in [-0.25, -0.2) is 4.98 Å². The van der Waals surface area contributed by atoms with Crippen LogP contribution in [0, 0.1) is 5.92 Å². The van der Waals surface area contributed by atoms with Crippen LogP contribution in [0.2, 0.25) is 0 Å². The van der Waals surface area contributed by atoms with E-state index in [9.17, 15) is 4.79 Å². The number of hydrogen-bond donors (Lipinski definition) is 0. The van der Waals surface area contributed by atoms with E-state index in [1.165, 1.54) is 6.42 Å². The summed E-state index contributed by atoms with van der Waals surface area (Å²) in [6.07, 6.45) is 9.07. The summed E-state index contributed by atoms with van der Waals surface area (Å²) in [6.45, 7) is 4.67. The maximum atomic E-state index is 13.0. The van der Waals surface area contributed by atoms with Crippen LogP contribution in [-0.2, 0) is 4.79 Å². The average Bonchev–Trinajstić information content (AvgIpc) is 3.37. The predicted octanol–water partition coefficient (Wildman–Crippen LogP) is 4.16. The lowest BCUT2D eigenvalue weighted by molar-refractivity contribution is -0.138. The molecule has 1 atom stereocenters. The van der Waals surface area contributed by atoms with Gasteiger partial charge in [0.2, 0.25) is 23.5 Å². The second-order valence-electron chi connectivity index (χ2n) is 8.00. The number of aromatic nitrogens is 3. The predicted molar refractivity (Wildman–Crippen MR) is 104 cm³/mol. The molecule has 2 aromatic heterocycles. The topological polar surface area (TPSA) is 81.4 Å². The van der Waals surface area contributed by atoms with Crippen molar-refractivity contribution in [1.82, 2.24) is 20.0 Å². The number of carbonyl (C=O) groups excluding carboxylic acids is 1. The lowest BCUT2D eigenvalue weighted by Gasteiger charge is -2.29. The molecule has 0 spiro atoms. The number of amides is 1. The summed E-state index contributed by atoms with van der Waals surface area (Å²) in [5.74, 6) is 1.87. The Labute approximate surface area is 165 Å². The van der Waals surface area contributed by atoms with Crippen LogP contribution in [0.1, 0.15) is 70.7 Å². The number of pyridine rings is 1. The van der Waals surface area contributed by atoms with E-state index in [1.807, 2.05) is 30.9 Å². The molecule has 1 unspecified atom stereocenters. The normalized spacial score (nSPS) is 20.7. The molecule has 7 heteroatoms. The highest BCUT2D eigenvalue weighted by Crippen LogP contribution is 2.36. The third-order valence-corrected chi connectivity index (χ3v) is 5.58. The lowest BCUT2D eigenvalue weighted by Crippen LogP contribution is -2.36. The highest BCUT2D eigenvalue weighted by atomic mass is 16.5. The van der Waals surface area contributed by atoms with Crippen LogP contribution in [0.15, 0.2) is 22.9 Å². The van der Waals surface area contributed by atoms with Gasteiger partial charge in [-0.05, 0) is 51.7 Å². The van der Waals surface area contributed by atoms with Crippen LogP contribution in [-0.4, -0.2) is 38.6 Å². The Morgan fingerprint density at radius 3 is 2.82 bits per heavy atom. The Kier molecular flexibility index (Phi) is 5.59. The molecule has 0 aromatic carbocycles. The third kappa shape index (κ3) is 3.88. The molecule has 0 bridgehead atoms. The van der Waals surface area contributed by atoms with Crippen LogP contribution in [0.25, 0.3) is 11.4 Å². The molecule has 3 heterocycles. The Balaban J connectivity index is 1.54. The molecule has 28 heavy (non-hydrogen) atoms. The van der Waals surface area contributed by atoms with Crippen molar-refractivity contribution in [3.63, 3.8) is 0 Å². The lowest BCUT2D eigenvalue weighted by atomic mass is 9.88. The molecule has 0 N–H and O–H groups in total. The van der Waals surface area contributed by atoms with Crippen LogP contribution >= 0.6 is 0 Å². The van der Waals surface area contributed by atoms with Gasteiger partial charge in [0.1, 0.15) is 6.04 Å². The summed E-state index contributed by atoms with van der Waals surface area (Å²) < 4.78 is 11.4. The molecule has 1 saturated heterocycles. The average molecular weight is 384 g/mol. The van der Waals surface area contributed by atoms with Gasteiger partial charge in [-0.3, -0.25) is 4.79 Å². The van der Waals surface area contributed by atoms with Crippen molar-refractivity contribution in [2.45, 2.75) is 70.9 Å². The minimum absolute atomic E-state index is 0.00143. The van der Waals surface area contributed by atoms with Crippen molar-refractivity contribution in [1.29, 1.82) is 0 Å². The minimum Gasteiger partial charge on any atom is -0.474 e. The smallest absolute Gasteiger partial charge is 0.249 e. The first-order valence-electron chi connectivity index (χ1n) is 10.4. The van der Waals surface area contributed by atoms with Crippen molar-refractivity contribution in [3.05, 3.63) is 24.2 Å². The maximum absolute atomic E-state index is 13.0. The number of rotatable bonds is 5. The molecule has 150 valence electrons. The number of nitrogens with zero attached hydrogens (tertiary/aromatic N) is 4. The van der Waals surface area contributed by atoms with Gasteiger partial charge in [0.15, 0.2) is 0 Å². The van der Waals surface area contributed by atoms with Crippen molar-refractivity contribution in [3.8, 4) is 17.3 Å². The Hall–Kier alpha value is -2.44. The summed E-state index contributed by atoms with van der Waals surface area (Å²) in [5.41, 5.74) is 0.703. The Morgan fingerprint density at radius 1 is 1.21 bits per heavy atom. The van der Waals surface area contributed by atoms with E-state index < -0.39 is 0 Å². The number of likely N-dealkylation sites (tertiary alicyclic amines) is 1. The van der Waals surface area contributed by atoms with E-state index in [-0.39, 0.29) is 24.0 Å². The van der Waals surface area contributed by atoms with Gasteiger partial charge < -0.3 is 14.2 Å². The van der Waals surface area contributed by atoms with Gasteiger partial charge >= 0.3 is 0 Å². The minimum atomic E-state index is -0.123. The van der Waals surface area contributed by atoms with Gasteiger partial charge in [0.05, 0.1) is 11.7 Å². The summed E-state index contributed by atoms with van der Waals surface area (Å²) in [4.78, 5) is 23.9. The largest absolute Gasteiger partial charge is 0.474 e. The van der Waals surface area contributed by atoms with Crippen molar-refractivity contribution >= 4 is 5.91 Å². The molecular weight excluding hydrogens is 356 g/mol. The first-order chi connectivity index (χ1) is 13.6. The highest BCUT2D eigenvalue weighted by molar-refractivity contribution is 5.79. The molecule has 2 aromatic rings. The van der Waals surface area contributed by atoms with E-state index >= 15 is 0 Å². The zero-order valence-electron chi connectivity index (χ0n) is 16.6. The van der Waals surface area contributed by atoms with Crippen LogP contribution in [0.5, 0.6) is 5.88 Å². The van der Waals surface area contributed by atoms with Gasteiger partial charge in [-0.15, -0.1) is 0 Å². The van der Waals surface area contributed by atoms with Gasteiger partial charge in [0, 0.05) is 18.7 Å². The molecule has 7 nitrogen and oxygen atoms in total. The molecule has 1 saturated carbocycles. The molecule has 4 rings (SSSR count). The molecule has 2 aliphatic rings. The maximum Gasteiger partial charge on any atom is 0.249 e. The van der Waals surface area contributed by atoms with Crippen LogP contribution in [0.3, 0.4) is 0 Å². The summed E-state index contributed by atoms with van der Waals surface area (Å²) in [6, 6.07) is 3.58. The Morgan fingerprint density at radius 2 is 2.04 bits per heavy atom. The van der Waals surface area contributed by atoms with Crippen molar-refractivity contribution in [2.75, 3.05) is 6.54 Å². The Bertz CT molecular complexity index is 813. The molecule has 2 fully saturated rings. The molecule has 1 aliphatic carbocycles. The van der Waals surface area contributed by atoms with Crippen LogP contribution < -0.4 is 4.74 Å². The summed E-state index contributed by atoms with van der Waals surface area (Å²) in [5, 5.41) is 4.16. The number of carbonyl (C=O) groups is 1. The first kappa shape index (κ1) is 18.9. The molecule has 1 aliphatic heterocycles. The van der Waals surface area contributed by atoms with Gasteiger partial charge in [-0.2, -0.15) is 4.98 Å². The van der Waals surface area contributed by atoms with Crippen LogP contribution in [0.4, 0.5) is 0 Å². The third-order valence-electron chi connectivity index (χ3n) is 5.58. The second kappa shape index (κ2) is 8.29. The SMILES string of the molecule is CC(C)Oc1ncccc1-c1noc(C2CCCN2C(=O)C2CCCCC2)n1.